The molecule has 2 rings (SSSR count). The van der Waals surface area contributed by atoms with Crippen LogP contribution in [0.4, 0.5) is 0 Å². The van der Waals surface area contributed by atoms with E-state index < -0.39 is 0 Å². The van der Waals surface area contributed by atoms with Crippen LogP contribution in [-0.4, -0.2) is 48.9 Å². The van der Waals surface area contributed by atoms with E-state index in [4.69, 9.17) is 0 Å². The van der Waals surface area contributed by atoms with Crippen LogP contribution in [-0.2, 0) is 4.79 Å². The Bertz CT molecular complexity index is 250. The molecule has 92 valence electrons. The number of fused-ring (bicyclic) bond motifs is 1. The first-order valence-electron chi connectivity index (χ1n) is 6.62. The molecule has 2 aliphatic rings. The van der Waals surface area contributed by atoms with Gasteiger partial charge in [0.05, 0.1) is 6.54 Å². The molecule has 0 aromatic carbocycles. The van der Waals surface area contributed by atoms with Crippen molar-refractivity contribution in [1.82, 2.24) is 9.80 Å². The second kappa shape index (κ2) is 5.17. The van der Waals surface area contributed by atoms with Crippen molar-refractivity contribution in [3.05, 3.63) is 0 Å². The molecule has 16 heavy (non-hydrogen) atoms. The maximum absolute atomic E-state index is 11.8. The van der Waals surface area contributed by atoms with Gasteiger partial charge in [0.1, 0.15) is 0 Å². The molecule has 0 aromatic rings. The predicted molar refractivity (Wildman–Crippen MR) is 65.2 cm³/mol. The summed E-state index contributed by atoms with van der Waals surface area (Å²) in [4.78, 5) is 15.9. The molecule has 1 aliphatic heterocycles. The molecule has 0 N–H and O–H groups in total. The van der Waals surface area contributed by atoms with Crippen LogP contribution >= 0.6 is 0 Å². The van der Waals surface area contributed by atoms with Gasteiger partial charge in [-0.1, -0.05) is 12.8 Å². The maximum atomic E-state index is 11.8. The fourth-order valence-corrected chi connectivity index (χ4v) is 3.24. The number of piperidine rings is 1. The third-order valence-electron chi connectivity index (χ3n) is 4.20. The fraction of sp³-hybridized carbons (Fsp3) is 0.923. The summed E-state index contributed by atoms with van der Waals surface area (Å²) in [5.74, 6) is 1.13. The molecule has 0 radical (unpaired) electrons. The minimum Gasteiger partial charge on any atom is -0.348 e. The summed E-state index contributed by atoms with van der Waals surface area (Å²) in [5, 5.41) is 0. The Morgan fingerprint density at radius 2 is 1.88 bits per heavy atom. The summed E-state index contributed by atoms with van der Waals surface area (Å²) >= 11 is 0. The van der Waals surface area contributed by atoms with Gasteiger partial charge in [0.25, 0.3) is 0 Å². The summed E-state index contributed by atoms with van der Waals surface area (Å²) in [7, 11) is 3.70. The summed E-state index contributed by atoms with van der Waals surface area (Å²) in [6.45, 7) is 1.76. The van der Waals surface area contributed by atoms with Crippen molar-refractivity contribution in [3.63, 3.8) is 0 Å². The topological polar surface area (TPSA) is 23.6 Å². The van der Waals surface area contributed by atoms with Gasteiger partial charge in [-0.15, -0.1) is 0 Å². The van der Waals surface area contributed by atoms with E-state index >= 15 is 0 Å². The number of likely N-dealkylation sites (N-methyl/N-ethyl adjacent to an activating group) is 1. The Hall–Kier alpha value is -0.570. The standard InChI is InChI=1S/C13H24N2O/c1-14(2)13(16)10-15-9-5-7-11-6-3-4-8-12(11)15/h11-12H,3-10H2,1-2H3. The first kappa shape index (κ1) is 11.9. The minimum absolute atomic E-state index is 0.256. The zero-order chi connectivity index (χ0) is 11.5. The molecule has 3 heteroatoms. The third-order valence-corrected chi connectivity index (χ3v) is 4.20. The number of hydrogen-bond acceptors (Lipinski definition) is 2. The molecule has 0 bridgehead atoms. The lowest BCUT2D eigenvalue weighted by Gasteiger charge is -2.44. The van der Waals surface area contributed by atoms with Crippen molar-refractivity contribution in [3.8, 4) is 0 Å². The van der Waals surface area contributed by atoms with Crippen molar-refractivity contribution in [2.45, 2.75) is 44.6 Å². The Morgan fingerprint density at radius 1 is 1.19 bits per heavy atom. The van der Waals surface area contributed by atoms with Crippen LogP contribution in [0.2, 0.25) is 0 Å². The van der Waals surface area contributed by atoms with Gasteiger partial charge in [0, 0.05) is 20.1 Å². The normalized spacial score (nSPS) is 30.9. The zero-order valence-electron chi connectivity index (χ0n) is 10.6. The molecule has 0 spiro atoms. The van der Waals surface area contributed by atoms with E-state index in [9.17, 15) is 4.79 Å². The summed E-state index contributed by atoms with van der Waals surface area (Å²) in [6.07, 6.45) is 8.12. The third kappa shape index (κ3) is 2.57. The Kier molecular flexibility index (Phi) is 3.85. The smallest absolute Gasteiger partial charge is 0.236 e. The molecule has 1 saturated carbocycles. The van der Waals surface area contributed by atoms with Crippen LogP contribution in [0.5, 0.6) is 0 Å². The van der Waals surface area contributed by atoms with E-state index in [1.807, 2.05) is 14.1 Å². The Labute approximate surface area is 98.8 Å². The van der Waals surface area contributed by atoms with E-state index in [1.54, 1.807) is 4.90 Å². The van der Waals surface area contributed by atoms with Gasteiger partial charge in [-0.25, -0.2) is 0 Å². The monoisotopic (exact) mass is 224 g/mol. The molecule has 2 fully saturated rings. The van der Waals surface area contributed by atoms with Crippen LogP contribution in [0.1, 0.15) is 38.5 Å². The van der Waals surface area contributed by atoms with Crippen molar-refractivity contribution < 1.29 is 4.79 Å². The number of rotatable bonds is 2. The van der Waals surface area contributed by atoms with Gasteiger partial charge in [0.15, 0.2) is 0 Å². The molecule has 1 aliphatic carbocycles. The molecule has 0 aromatic heterocycles. The average molecular weight is 224 g/mol. The lowest BCUT2D eigenvalue weighted by Crippen LogP contribution is -2.50. The SMILES string of the molecule is CN(C)C(=O)CN1CCCC2CCCCC21. The lowest BCUT2D eigenvalue weighted by atomic mass is 9.78. The molecular weight excluding hydrogens is 200 g/mol. The number of amides is 1. The van der Waals surface area contributed by atoms with Crippen molar-refractivity contribution >= 4 is 5.91 Å². The molecule has 2 unspecified atom stereocenters. The maximum Gasteiger partial charge on any atom is 0.236 e. The van der Waals surface area contributed by atoms with Crippen LogP contribution in [0, 0.1) is 5.92 Å². The summed E-state index contributed by atoms with van der Waals surface area (Å²) < 4.78 is 0. The van der Waals surface area contributed by atoms with Crippen molar-refractivity contribution in [2.75, 3.05) is 27.2 Å². The lowest BCUT2D eigenvalue weighted by molar-refractivity contribution is -0.131. The molecule has 1 amide bonds. The van der Waals surface area contributed by atoms with Crippen LogP contribution in [0.25, 0.3) is 0 Å². The van der Waals surface area contributed by atoms with Crippen molar-refractivity contribution in [2.24, 2.45) is 5.92 Å². The highest BCUT2D eigenvalue weighted by Gasteiger charge is 2.33. The molecule has 2 atom stereocenters. The molecule has 1 saturated heterocycles. The first-order chi connectivity index (χ1) is 7.68. The van der Waals surface area contributed by atoms with Gasteiger partial charge >= 0.3 is 0 Å². The largest absolute Gasteiger partial charge is 0.348 e. The number of carbonyl (C=O) groups excluding carboxylic acids is 1. The van der Waals surface area contributed by atoms with E-state index in [0.717, 1.165) is 12.5 Å². The van der Waals surface area contributed by atoms with E-state index in [1.165, 1.54) is 38.5 Å². The molecule has 1 heterocycles. The minimum atomic E-state index is 0.256. The quantitative estimate of drug-likeness (QED) is 0.713. The van der Waals surface area contributed by atoms with Crippen molar-refractivity contribution in [1.29, 1.82) is 0 Å². The molecular formula is C13H24N2O. The summed E-state index contributed by atoms with van der Waals surface area (Å²) in [6, 6.07) is 0.700. The van der Waals surface area contributed by atoms with Crippen LogP contribution in [0.3, 0.4) is 0 Å². The van der Waals surface area contributed by atoms with Crippen LogP contribution in [0.15, 0.2) is 0 Å². The second-order valence-electron chi connectivity index (χ2n) is 5.51. The molecule has 3 nitrogen and oxygen atoms in total. The van der Waals surface area contributed by atoms with E-state index in [0.29, 0.717) is 12.6 Å². The van der Waals surface area contributed by atoms with Gasteiger partial charge in [-0.05, 0) is 38.1 Å². The zero-order valence-corrected chi connectivity index (χ0v) is 10.6. The predicted octanol–water partition coefficient (Wildman–Crippen LogP) is 1.73. The highest BCUT2D eigenvalue weighted by atomic mass is 16.2. The van der Waals surface area contributed by atoms with Gasteiger partial charge in [-0.3, -0.25) is 9.69 Å². The van der Waals surface area contributed by atoms with Crippen LogP contribution < -0.4 is 0 Å². The number of likely N-dealkylation sites (tertiary alicyclic amines) is 1. The van der Waals surface area contributed by atoms with Gasteiger partial charge < -0.3 is 4.90 Å². The number of nitrogens with zero attached hydrogens (tertiary/aromatic N) is 2. The fourth-order valence-electron chi connectivity index (χ4n) is 3.24. The number of carbonyl (C=O) groups is 1. The van der Waals surface area contributed by atoms with Gasteiger partial charge in [-0.2, -0.15) is 0 Å². The highest BCUT2D eigenvalue weighted by Crippen LogP contribution is 2.34. The Morgan fingerprint density at radius 3 is 2.62 bits per heavy atom. The average Bonchev–Trinajstić information content (AvgIpc) is 2.29. The van der Waals surface area contributed by atoms with E-state index in [-0.39, 0.29) is 5.91 Å². The van der Waals surface area contributed by atoms with E-state index in [2.05, 4.69) is 4.90 Å². The first-order valence-corrected chi connectivity index (χ1v) is 6.62. The Balaban J connectivity index is 1.94. The number of hydrogen-bond donors (Lipinski definition) is 0. The van der Waals surface area contributed by atoms with Gasteiger partial charge in [0.2, 0.25) is 5.91 Å². The second-order valence-corrected chi connectivity index (χ2v) is 5.51. The summed E-state index contributed by atoms with van der Waals surface area (Å²) in [5.41, 5.74) is 0. The highest BCUT2D eigenvalue weighted by molar-refractivity contribution is 5.77.